The number of aryl methyl sites for hydroxylation is 1. The highest BCUT2D eigenvalue weighted by Crippen LogP contribution is 2.16. The first-order valence-corrected chi connectivity index (χ1v) is 8.91. The molecule has 0 spiro atoms. The van der Waals surface area contributed by atoms with Gasteiger partial charge in [0, 0.05) is 26.3 Å². The molecule has 114 valence electrons. The van der Waals surface area contributed by atoms with E-state index in [1.807, 2.05) is 0 Å². The van der Waals surface area contributed by atoms with Crippen LogP contribution in [-0.4, -0.2) is 47.5 Å². The van der Waals surface area contributed by atoms with Gasteiger partial charge in [-0.05, 0) is 24.6 Å². The van der Waals surface area contributed by atoms with Gasteiger partial charge in [0.25, 0.3) is 0 Å². The molecule has 0 aromatic heterocycles. The molecule has 0 amide bonds. The second kappa shape index (κ2) is 6.08. The molecule has 7 nitrogen and oxygen atoms in total. The first kappa shape index (κ1) is 16.9. The summed E-state index contributed by atoms with van der Waals surface area (Å²) in [4.78, 5) is 0.0165. The van der Waals surface area contributed by atoms with Crippen LogP contribution >= 0.6 is 0 Å². The second-order valence-electron chi connectivity index (χ2n) is 4.51. The molecule has 1 aromatic rings. The molecule has 1 aromatic carbocycles. The van der Waals surface area contributed by atoms with E-state index in [0.29, 0.717) is 5.69 Å². The Hall–Kier alpha value is -1.16. The highest BCUT2D eigenvalue weighted by atomic mass is 32.2. The minimum atomic E-state index is -3.76. The fraction of sp³-hybridized carbons (Fsp3) is 0.455. The zero-order valence-corrected chi connectivity index (χ0v) is 13.3. The smallest absolute Gasteiger partial charge is 0.240 e. The quantitative estimate of drug-likeness (QED) is 0.702. The molecule has 0 radical (unpaired) electrons. The molecule has 1 rings (SSSR count). The van der Waals surface area contributed by atoms with Gasteiger partial charge in [0.1, 0.15) is 0 Å². The number of anilines is 1. The average molecular weight is 321 g/mol. The van der Waals surface area contributed by atoms with Crippen molar-refractivity contribution >= 4 is 25.7 Å². The Balaban J connectivity index is 2.79. The molecular formula is C11H19N3O4S2. The third kappa shape index (κ3) is 4.17. The fourth-order valence-corrected chi connectivity index (χ4v) is 3.28. The van der Waals surface area contributed by atoms with Crippen LogP contribution in [0.4, 0.5) is 5.69 Å². The normalized spacial score (nSPS) is 12.8. The average Bonchev–Trinajstić information content (AvgIpc) is 2.31. The molecule has 0 heterocycles. The summed E-state index contributed by atoms with van der Waals surface area (Å²) in [5.74, 6) is -0.305. The molecule has 0 unspecified atom stereocenters. The Bertz CT molecular complexity index is 682. The van der Waals surface area contributed by atoms with Crippen molar-refractivity contribution in [1.82, 2.24) is 9.03 Å². The molecule has 0 fully saturated rings. The molecular weight excluding hydrogens is 302 g/mol. The van der Waals surface area contributed by atoms with Crippen molar-refractivity contribution < 1.29 is 16.8 Å². The van der Waals surface area contributed by atoms with Crippen molar-refractivity contribution in [3.8, 4) is 0 Å². The highest BCUT2D eigenvalue weighted by Gasteiger charge is 2.18. The number of nitrogens with one attached hydrogen (secondary N) is 1. The summed E-state index contributed by atoms with van der Waals surface area (Å²) in [6.07, 6.45) is 0. The Morgan fingerprint density at radius 2 is 1.80 bits per heavy atom. The van der Waals surface area contributed by atoms with E-state index in [4.69, 9.17) is 5.73 Å². The molecule has 0 aliphatic rings. The van der Waals surface area contributed by atoms with Crippen LogP contribution in [0, 0.1) is 6.92 Å². The van der Waals surface area contributed by atoms with E-state index >= 15 is 0 Å². The molecule has 0 aliphatic heterocycles. The molecule has 3 N–H and O–H groups in total. The van der Waals surface area contributed by atoms with E-state index in [9.17, 15) is 16.8 Å². The van der Waals surface area contributed by atoms with Crippen molar-refractivity contribution in [2.45, 2.75) is 11.8 Å². The third-order valence-electron chi connectivity index (χ3n) is 2.77. The Morgan fingerprint density at radius 1 is 1.20 bits per heavy atom. The Labute approximate surface area is 119 Å². The number of rotatable bonds is 6. The van der Waals surface area contributed by atoms with Crippen molar-refractivity contribution in [2.75, 3.05) is 32.1 Å². The number of nitrogens with two attached hydrogens (primary N) is 1. The van der Waals surface area contributed by atoms with Gasteiger partial charge in [-0.1, -0.05) is 6.07 Å². The summed E-state index contributed by atoms with van der Waals surface area (Å²) in [6.45, 7) is 1.57. The maximum atomic E-state index is 12.0. The molecule has 9 heteroatoms. The predicted molar refractivity (Wildman–Crippen MR) is 78.3 cm³/mol. The van der Waals surface area contributed by atoms with E-state index in [-0.39, 0.29) is 17.2 Å². The van der Waals surface area contributed by atoms with E-state index in [1.165, 1.54) is 26.2 Å². The molecule has 0 saturated carbocycles. The fourth-order valence-electron chi connectivity index (χ4n) is 1.36. The van der Waals surface area contributed by atoms with Gasteiger partial charge in [0.05, 0.1) is 10.6 Å². The maximum Gasteiger partial charge on any atom is 0.240 e. The van der Waals surface area contributed by atoms with E-state index in [0.717, 1.165) is 9.87 Å². The number of nitrogen functional groups attached to an aromatic ring is 1. The maximum absolute atomic E-state index is 12.0. The van der Waals surface area contributed by atoms with Crippen LogP contribution in [-0.2, 0) is 20.0 Å². The topological polar surface area (TPSA) is 110 Å². The van der Waals surface area contributed by atoms with Crippen LogP contribution in [0.15, 0.2) is 23.1 Å². The Kier molecular flexibility index (Phi) is 5.14. The lowest BCUT2D eigenvalue weighted by Gasteiger charge is -2.12. The zero-order chi connectivity index (χ0) is 15.6. The largest absolute Gasteiger partial charge is 0.398 e. The first-order chi connectivity index (χ1) is 9.06. The summed E-state index contributed by atoms with van der Waals surface area (Å²) in [5.41, 5.74) is 6.81. The van der Waals surface area contributed by atoms with E-state index in [1.54, 1.807) is 13.0 Å². The lowest BCUT2D eigenvalue weighted by molar-refractivity contribution is 0.519. The second-order valence-corrected chi connectivity index (χ2v) is 8.58. The Morgan fingerprint density at radius 3 is 2.30 bits per heavy atom. The van der Waals surface area contributed by atoms with Crippen LogP contribution in [0.1, 0.15) is 5.56 Å². The number of nitrogens with zero attached hydrogens (tertiary/aromatic N) is 1. The SMILES string of the molecule is Cc1ccc(S(=O)(=O)NCCS(=O)(=O)N(C)C)cc1N. The number of benzene rings is 1. The van der Waals surface area contributed by atoms with Gasteiger partial charge < -0.3 is 5.73 Å². The van der Waals surface area contributed by atoms with Crippen molar-refractivity contribution in [3.05, 3.63) is 23.8 Å². The van der Waals surface area contributed by atoms with E-state index in [2.05, 4.69) is 4.72 Å². The van der Waals surface area contributed by atoms with Crippen molar-refractivity contribution in [1.29, 1.82) is 0 Å². The van der Waals surface area contributed by atoms with Gasteiger partial charge in [-0.25, -0.2) is 25.9 Å². The molecule has 0 atom stereocenters. The number of sulfonamides is 2. The summed E-state index contributed by atoms with van der Waals surface area (Å²) < 4.78 is 50.3. The summed E-state index contributed by atoms with van der Waals surface area (Å²) in [6, 6.07) is 4.37. The van der Waals surface area contributed by atoms with Crippen LogP contribution in [0.3, 0.4) is 0 Å². The van der Waals surface area contributed by atoms with Crippen LogP contribution < -0.4 is 10.5 Å². The van der Waals surface area contributed by atoms with Crippen LogP contribution in [0.25, 0.3) is 0 Å². The predicted octanol–water partition coefficient (Wildman–Crippen LogP) is -0.253. The standard InChI is InChI=1S/C11H19N3O4S2/c1-9-4-5-10(8-11(9)12)20(17,18)13-6-7-19(15,16)14(2)3/h4-5,8,13H,6-7,12H2,1-3H3. The highest BCUT2D eigenvalue weighted by molar-refractivity contribution is 7.90. The van der Waals surface area contributed by atoms with Gasteiger partial charge in [0.15, 0.2) is 0 Å². The van der Waals surface area contributed by atoms with Gasteiger partial charge in [0.2, 0.25) is 20.0 Å². The molecule has 0 bridgehead atoms. The zero-order valence-electron chi connectivity index (χ0n) is 11.6. The number of hydrogen-bond donors (Lipinski definition) is 2. The molecule has 20 heavy (non-hydrogen) atoms. The monoisotopic (exact) mass is 321 g/mol. The lowest BCUT2D eigenvalue weighted by atomic mass is 10.2. The van der Waals surface area contributed by atoms with Crippen molar-refractivity contribution in [2.24, 2.45) is 0 Å². The third-order valence-corrected chi connectivity index (χ3v) is 6.06. The summed E-state index contributed by atoms with van der Waals surface area (Å²) >= 11 is 0. The minimum absolute atomic E-state index is 0.0165. The lowest BCUT2D eigenvalue weighted by Crippen LogP contribution is -2.33. The van der Waals surface area contributed by atoms with Gasteiger partial charge in [-0.2, -0.15) is 0 Å². The minimum Gasteiger partial charge on any atom is -0.398 e. The number of hydrogen-bond acceptors (Lipinski definition) is 5. The molecule has 0 saturated heterocycles. The van der Waals surface area contributed by atoms with E-state index < -0.39 is 20.0 Å². The first-order valence-electron chi connectivity index (χ1n) is 5.82. The molecule has 0 aliphatic carbocycles. The van der Waals surface area contributed by atoms with Gasteiger partial charge in [-0.3, -0.25) is 0 Å². The van der Waals surface area contributed by atoms with Gasteiger partial charge >= 0.3 is 0 Å². The van der Waals surface area contributed by atoms with Gasteiger partial charge in [-0.15, -0.1) is 0 Å². The summed E-state index contributed by atoms with van der Waals surface area (Å²) in [5, 5.41) is 0. The van der Waals surface area contributed by atoms with Crippen LogP contribution in [0.2, 0.25) is 0 Å². The summed E-state index contributed by atoms with van der Waals surface area (Å²) in [7, 11) is -4.41. The van der Waals surface area contributed by atoms with Crippen molar-refractivity contribution in [3.63, 3.8) is 0 Å². The van der Waals surface area contributed by atoms with Crippen LogP contribution in [0.5, 0.6) is 0 Å².